The van der Waals surface area contributed by atoms with E-state index in [1.165, 1.54) is 4.90 Å². The minimum Gasteiger partial charge on any atom is -0.444 e. The Morgan fingerprint density at radius 3 is 2.53 bits per heavy atom. The van der Waals surface area contributed by atoms with Gasteiger partial charge in [-0.2, -0.15) is 0 Å². The molecule has 0 aliphatic carbocycles. The van der Waals surface area contributed by atoms with Gasteiger partial charge in [-0.1, -0.05) is 0 Å². The third kappa shape index (κ3) is 8.74. The molecule has 2 N–H and O–H groups in total. The number of nitrogens with zero attached hydrogens (tertiary/aromatic N) is 4. The second-order valence-electron chi connectivity index (χ2n) is 8.89. The zero-order chi connectivity index (χ0) is 22.1. The minimum absolute atomic E-state index is 0.0570. The van der Waals surface area contributed by atoms with Gasteiger partial charge in [0.2, 0.25) is 5.91 Å². The number of ether oxygens (including phenoxy) is 2. The van der Waals surface area contributed by atoms with Crippen LogP contribution in [0.25, 0.3) is 0 Å². The third-order valence-electron chi connectivity index (χ3n) is 4.88. The largest absolute Gasteiger partial charge is 0.444 e. The molecule has 10 heteroatoms. The first-order valence-electron chi connectivity index (χ1n) is 10.7. The van der Waals surface area contributed by atoms with Crippen LogP contribution in [0.4, 0.5) is 4.79 Å². The lowest BCUT2D eigenvalue weighted by Crippen LogP contribution is -2.48. The molecule has 2 rings (SSSR count). The molecule has 0 radical (unpaired) electrons. The Morgan fingerprint density at radius 2 is 1.90 bits per heavy atom. The number of rotatable bonds is 6. The molecule has 2 fully saturated rings. The quantitative estimate of drug-likeness (QED) is 0.454. The van der Waals surface area contributed by atoms with Crippen LogP contribution in [0.3, 0.4) is 0 Å². The summed E-state index contributed by atoms with van der Waals surface area (Å²) in [6.07, 6.45) is 0.499. The lowest BCUT2D eigenvalue weighted by atomic mass is 10.2. The molecular weight excluding hydrogens is 388 g/mol. The number of hydrogen-bond acceptors (Lipinski definition) is 6. The lowest BCUT2D eigenvalue weighted by molar-refractivity contribution is -0.127. The maximum absolute atomic E-state index is 12.3. The van der Waals surface area contributed by atoms with E-state index in [2.05, 4.69) is 20.5 Å². The Labute approximate surface area is 179 Å². The first-order chi connectivity index (χ1) is 14.1. The molecule has 0 bridgehead atoms. The van der Waals surface area contributed by atoms with E-state index in [9.17, 15) is 9.59 Å². The van der Waals surface area contributed by atoms with E-state index in [0.29, 0.717) is 25.6 Å². The number of amides is 2. The van der Waals surface area contributed by atoms with Gasteiger partial charge in [0, 0.05) is 59.4 Å². The van der Waals surface area contributed by atoms with Crippen LogP contribution in [0.15, 0.2) is 4.99 Å². The van der Waals surface area contributed by atoms with Crippen molar-refractivity contribution in [2.45, 2.75) is 38.8 Å². The number of carbonyl (C=O) groups excluding carboxylic acids is 2. The molecule has 2 amide bonds. The van der Waals surface area contributed by atoms with E-state index >= 15 is 0 Å². The Bertz CT molecular complexity index is 599. The van der Waals surface area contributed by atoms with Gasteiger partial charge in [-0.3, -0.25) is 9.69 Å². The van der Waals surface area contributed by atoms with Crippen LogP contribution in [0, 0.1) is 0 Å². The minimum atomic E-state index is -0.511. The van der Waals surface area contributed by atoms with Crippen molar-refractivity contribution in [1.29, 1.82) is 0 Å². The van der Waals surface area contributed by atoms with Gasteiger partial charge in [0.15, 0.2) is 5.96 Å². The highest BCUT2D eigenvalue weighted by Crippen LogP contribution is 2.15. The van der Waals surface area contributed by atoms with Crippen molar-refractivity contribution >= 4 is 18.0 Å². The van der Waals surface area contributed by atoms with Crippen LogP contribution in [0.2, 0.25) is 0 Å². The summed E-state index contributed by atoms with van der Waals surface area (Å²) in [5, 5.41) is 6.69. The highest BCUT2D eigenvalue weighted by atomic mass is 16.6. The van der Waals surface area contributed by atoms with Gasteiger partial charge >= 0.3 is 6.09 Å². The molecule has 0 spiro atoms. The van der Waals surface area contributed by atoms with E-state index in [0.717, 1.165) is 39.3 Å². The predicted molar refractivity (Wildman–Crippen MR) is 116 cm³/mol. The molecule has 2 aliphatic heterocycles. The Hall–Kier alpha value is -2.07. The van der Waals surface area contributed by atoms with Crippen LogP contribution >= 0.6 is 0 Å². The monoisotopic (exact) mass is 426 g/mol. The average molecular weight is 427 g/mol. The normalized spacial score (nSPS) is 20.8. The maximum Gasteiger partial charge on any atom is 0.410 e. The van der Waals surface area contributed by atoms with Crippen LogP contribution in [0.1, 0.15) is 27.2 Å². The zero-order valence-electron chi connectivity index (χ0n) is 19.1. The summed E-state index contributed by atoms with van der Waals surface area (Å²) in [4.78, 5) is 34.3. The highest BCUT2D eigenvalue weighted by Gasteiger charge is 2.30. The third-order valence-corrected chi connectivity index (χ3v) is 4.88. The molecular formula is C20H38N6O4. The molecule has 0 aromatic carbocycles. The van der Waals surface area contributed by atoms with Gasteiger partial charge in [-0.15, -0.1) is 0 Å². The van der Waals surface area contributed by atoms with Crippen LogP contribution < -0.4 is 10.6 Å². The van der Waals surface area contributed by atoms with Gasteiger partial charge in [0.1, 0.15) is 12.1 Å². The molecule has 30 heavy (non-hydrogen) atoms. The van der Waals surface area contributed by atoms with E-state index < -0.39 is 5.60 Å². The summed E-state index contributed by atoms with van der Waals surface area (Å²) in [6, 6.07) is 0.0570. The van der Waals surface area contributed by atoms with Gasteiger partial charge in [0.25, 0.3) is 0 Å². The fourth-order valence-corrected chi connectivity index (χ4v) is 3.16. The fraction of sp³-hybridized carbons (Fsp3) is 0.850. The van der Waals surface area contributed by atoms with E-state index in [1.807, 2.05) is 20.8 Å². The summed E-state index contributed by atoms with van der Waals surface area (Å²) in [5.74, 6) is 0.528. The Balaban J connectivity index is 1.87. The average Bonchev–Trinajstić information content (AvgIpc) is 3.14. The van der Waals surface area contributed by atoms with Crippen LogP contribution in [-0.2, 0) is 14.3 Å². The summed E-state index contributed by atoms with van der Waals surface area (Å²) in [5.41, 5.74) is -0.511. The summed E-state index contributed by atoms with van der Waals surface area (Å²) >= 11 is 0. The molecule has 2 heterocycles. The number of likely N-dealkylation sites (N-methyl/N-ethyl adjacent to an activating group) is 1. The summed E-state index contributed by atoms with van der Waals surface area (Å²) in [7, 11) is 3.43. The first kappa shape index (κ1) is 24.2. The SMILES string of the molecule is CN(C)C(=O)CN=C(NCCN1CCOCC1)NC1CCN(C(=O)OC(C)(C)C)C1. The zero-order valence-corrected chi connectivity index (χ0v) is 19.1. The van der Waals surface area contributed by atoms with Crippen LogP contribution in [0.5, 0.6) is 0 Å². The first-order valence-corrected chi connectivity index (χ1v) is 10.7. The molecule has 1 atom stereocenters. The van der Waals surface area contributed by atoms with Crippen molar-refractivity contribution in [2.75, 3.05) is 73.1 Å². The van der Waals surface area contributed by atoms with Crippen molar-refractivity contribution < 1.29 is 19.1 Å². The van der Waals surface area contributed by atoms with Crippen molar-refractivity contribution in [3.8, 4) is 0 Å². The van der Waals surface area contributed by atoms with Gasteiger partial charge in [-0.05, 0) is 27.2 Å². The highest BCUT2D eigenvalue weighted by molar-refractivity contribution is 5.85. The van der Waals surface area contributed by atoms with Crippen molar-refractivity contribution in [1.82, 2.24) is 25.3 Å². The predicted octanol–water partition coefficient (Wildman–Crippen LogP) is -0.0486. The Morgan fingerprint density at radius 1 is 1.20 bits per heavy atom. The number of guanidine groups is 1. The van der Waals surface area contributed by atoms with Crippen molar-refractivity contribution in [3.05, 3.63) is 0 Å². The Kier molecular flexibility index (Phi) is 9.16. The number of likely N-dealkylation sites (tertiary alicyclic amines) is 1. The van der Waals surface area contributed by atoms with Gasteiger partial charge < -0.3 is 29.9 Å². The van der Waals surface area contributed by atoms with Crippen molar-refractivity contribution in [2.24, 2.45) is 4.99 Å². The lowest BCUT2D eigenvalue weighted by Gasteiger charge is -2.27. The molecule has 172 valence electrons. The number of nitrogens with one attached hydrogen (secondary N) is 2. The molecule has 0 saturated carbocycles. The number of morpholine rings is 1. The van der Waals surface area contributed by atoms with Gasteiger partial charge in [0.05, 0.1) is 13.2 Å². The maximum atomic E-state index is 12.3. The number of aliphatic imine (C=N–C) groups is 1. The number of hydrogen-bond donors (Lipinski definition) is 2. The fourth-order valence-electron chi connectivity index (χ4n) is 3.16. The molecule has 0 aromatic heterocycles. The number of carbonyl (C=O) groups is 2. The summed E-state index contributed by atoms with van der Waals surface area (Å²) in [6.45, 7) is 11.8. The van der Waals surface area contributed by atoms with E-state index in [-0.39, 0.29) is 24.6 Å². The van der Waals surface area contributed by atoms with E-state index in [4.69, 9.17) is 9.47 Å². The second-order valence-corrected chi connectivity index (χ2v) is 8.89. The standard InChI is InChI=1S/C20H38N6O4/c1-20(2,3)30-19(28)26-8-6-16(15-26)23-18(22-14-17(27)24(4)5)21-7-9-25-10-12-29-13-11-25/h16H,6-15H2,1-5H3,(H2,21,22,23). The second kappa shape index (κ2) is 11.4. The van der Waals surface area contributed by atoms with Gasteiger partial charge in [-0.25, -0.2) is 9.79 Å². The smallest absolute Gasteiger partial charge is 0.410 e. The molecule has 0 aromatic rings. The molecule has 10 nitrogen and oxygen atoms in total. The van der Waals surface area contributed by atoms with Crippen molar-refractivity contribution in [3.63, 3.8) is 0 Å². The molecule has 1 unspecified atom stereocenters. The molecule has 2 aliphatic rings. The molecule has 2 saturated heterocycles. The summed E-state index contributed by atoms with van der Waals surface area (Å²) < 4.78 is 10.8. The topological polar surface area (TPSA) is 98.7 Å². The van der Waals surface area contributed by atoms with Crippen LogP contribution in [-0.4, -0.2) is 117 Å². The van der Waals surface area contributed by atoms with E-state index in [1.54, 1.807) is 19.0 Å².